The lowest BCUT2D eigenvalue weighted by atomic mass is 9.85. The van der Waals surface area contributed by atoms with Crippen LogP contribution in [0.3, 0.4) is 0 Å². The van der Waals surface area contributed by atoms with Crippen LogP contribution in [0.4, 0.5) is 0 Å². The molecule has 1 heterocycles. The molecule has 0 aliphatic carbocycles. The van der Waals surface area contributed by atoms with Gasteiger partial charge in [0.1, 0.15) is 0 Å². The Morgan fingerprint density at radius 1 is 1.24 bits per heavy atom. The summed E-state index contributed by atoms with van der Waals surface area (Å²) in [6.07, 6.45) is 3.27. The van der Waals surface area contributed by atoms with Crippen molar-refractivity contribution in [2.75, 3.05) is 19.8 Å². The topological polar surface area (TPSA) is 29.5 Å². The summed E-state index contributed by atoms with van der Waals surface area (Å²) in [5, 5.41) is 10.3. The fourth-order valence-electron chi connectivity index (χ4n) is 2.44. The predicted octanol–water partition coefficient (Wildman–Crippen LogP) is 3.23. The van der Waals surface area contributed by atoms with E-state index in [9.17, 15) is 5.11 Å². The van der Waals surface area contributed by atoms with Gasteiger partial charge in [-0.1, -0.05) is 23.7 Å². The third-order valence-corrected chi connectivity index (χ3v) is 3.77. The molecule has 2 nitrogen and oxygen atoms in total. The highest BCUT2D eigenvalue weighted by molar-refractivity contribution is 6.30. The van der Waals surface area contributed by atoms with E-state index in [2.05, 4.69) is 0 Å². The number of benzene rings is 1. The Kier molecular flexibility index (Phi) is 4.84. The lowest BCUT2D eigenvalue weighted by Gasteiger charge is -2.26. The molecule has 17 heavy (non-hydrogen) atoms. The molecule has 2 rings (SSSR count). The average Bonchev–Trinajstić information content (AvgIpc) is 2.38. The highest BCUT2D eigenvalue weighted by Crippen LogP contribution is 2.29. The Labute approximate surface area is 108 Å². The number of aliphatic hydroxyl groups is 1. The molecule has 0 radical (unpaired) electrons. The molecule has 1 saturated heterocycles. The summed E-state index contributed by atoms with van der Waals surface area (Å²) in [5.74, 6) is 0.909. The van der Waals surface area contributed by atoms with Gasteiger partial charge in [0.25, 0.3) is 0 Å². The van der Waals surface area contributed by atoms with Gasteiger partial charge in [-0.05, 0) is 42.9 Å². The van der Waals surface area contributed by atoms with Gasteiger partial charge in [0.15, 0.2) is 0 Å². The van der Waals surface area contributed by atoms with Crippen LogP contribution in [0.15, 0.2) is 24.3 Å². The summed E-state index contributed by atoms with van der Waals surface area (Å²) >= 11 is 5.87. The van der Waals surface area contributed by atoms with Crippen molar-refractivity contribution in [3.8, 4) is 0 Å². The maximum atomic E-state index is 9.52. The molecule has 3 heteroatoms. The second kappa shape index (κ2) is 6.39. The van der Waals surface area contributed by atoms with Crippen molar-refractivity contribution in [1.29, 1.82) is 0 Å². The van der Waals surface area contributed by atoms with Gasteiger partial charge in [0.2, 0.25) is 0 Å². The van der Waals surface area contributed by atoms with Crippen LogP contribution >= 0.6 is 11.6 Å². The largest absolute Gasteiger partial charge is 0.396 e. The highest BCUT2D eigenvalue weighted by atomic mass is 35.5. The van der Waals surface area contributed by atoms with Crippen LogP contribution in [-0.2, 0) is 4.74 Å². The minimum atomic E-state index is 0.207. The van der Waals surface area contributed by atoms with Gasteiger partial charge in [-0.15, -0.1) is 0 Å². The standard InChI is InChI=1S/C14H19ClO2/c15-14-3-1-12(2-4-14)13(10-16)9-11-5-7-17-8-6-11/h1-4,11,13,16H,5-10H2. The molecular formula is C14H19ClO2. The molecule has 94 valence electrons. The molecule has 1 N–H and O–H groups in total. The van der Waals surface area contributed by atoms with Crippen molar-refractivity contribution in [2.24, 2.45) is 5.92 Å². The Balaban J connectivity index is 1.97. The summed E-state index contributed by atoms with van der Waals surface area (Å²) in [6.45, 7) is 1.94. The first-order valence-corrected chi connectivity index (χ1v) is 6.61. The van der Waals surface area contributed by atoms with Crippen molar-refractivity contribution < 1.29 is 9.84 Å². The molecular weight excluding hydrogens is 236 g/mol. The van der Waals surface area contributed by atoms with Crippen molar-refractivity contribution in [1.82, 2.24) is 0 Å². The summed E-state index contributed by atoms with van der Waals surface area (Å²) in [4.78, 5) is 0. The Bertz CT molecular complexity index is 331. The smallest absolute Gasteiger partial charge is 0.0499 e. The third-order valence-electron chi connectivity index (χ3n) is 3.52. The zero-order valence-corrected chi connectivity index (χ0v) is 10.7. The van der Waals surface area contributed by atoms with Gasteiger partial charge in [0.05, 0.1) is 0 Å². The fraction of sp³-hybridized carbons (Fsp3) is 0.571. The minimum absolute atomic E-state index is 0.207. The first-order chi connectivity index (χ1) is 8.29. The third kappa shape index (κ3) is 3.70. The first kappa shape index (κ1) is 12.9. The zero-order valence-electron chi connectivity index (χ0n) is 9.94. The van der Waals surface area contributed by atoms with E-state index in [0.717, 1.165) is 37.5 Å². The van der Waals surface area contributed by atoms with E-state index in [0.29, 0.717) is 5.92 Å². The summed E-state index contributed by atoms with van der Waals surface area (Å²) < 4.78 is 5.36. The number of rotatable bonds is 4. The van der Waals surface area contributed by atoms with Crippen LogP contribution < -0.4 is 0 Å². The van der Waals surface area contributed by atoms with Gasteiger partial charge < -0.3 is 9.84 Å². The SMILES string of the molecule is OCC(CC1CCOCC1)c1ccc(Cl)cc1. The second-order valence-corrected chi connectivity index (χ2v) is 5.16. The van der Waals surface area contributed by atoms with Crippen LogP contribution in [0, 0.1) is 5.92 Å². The number of aliphatic hydroxyl groups excluding tert-OH is 1. The quantitative estimate of drug-likeness (QED) is 0.894. The molecule has 0 bridgehead atoms. The molecule has 0 amide bonds. The van der Waals surface area contributed by atoms with Gasteiger partial charge in [-0.2, -0.15) is 0 Å². The lowest BCUT2D eigenvalue weighted by Crippen LogP contribution is -2.19. The Morgan fingerprint density at radius 2 is 1.88 bits per heavy atom. The molecule has 1 aliphatic rings. The van der Waals surface area contributed by atoms with E-state index in [-0.39, 0.29) is 12.5 Å². The van der Waals surface area contributed by atoms with Crippen molar-refractivity contribution in [2.45, 2.75) is 25.2 Å². The van der Waals surface area contributed by atoms with Gasteiger partial charge in [0, 0.05) is 30.8 Å². The molecule has 1 aliphatic heterocycles. The van der Waals surface area contributed by atoms with E-state index in [1.807, 2.05) is 24.3 Å². The maximum absolute atomic E-state index is 9.52. The summed E-state index contributed by atoms with van der Waals surface area (Å²) in [6, 6.07) is 7.82. The van der Waals surface area contributed by atoms with Gasteiger partial charge >= 0.3 is 0 Å². The summed E-state index contributed by atoms with van der Waals surface area (Å²) in [7, 11) is 0. The molecule has 1 aromatic carbocycles. The Morgan fingerprint density at radius 3 is 2.47 bits per heavy atom. The van der Waals surface area contributed by atoms with Crippen LogP contribution in [0.2, 0.25) is 5.02 Å². The van der Waals surface area contributed by atoms with E-state index in [1.165, 1.54) is 5.56 Å². The predicted molar refractivity (Wildman–Crippen MR) is 69.4 cm³/mol. The molecule has 1 fully saturated rings. The number of ether oxygens (including phenoxy) is 1. The van der Waals surface area contributed by atoms with Crippen LogP contribution in [0.1, 0.15) is 30.7 Å². The molecule has 1 unspecified atom stereocenters. The lowest BCUT2D eigenvalue weighted by molar-refractivity contribution is 0.0591. The summed E-state index contributed by atoms with van der Waals surface area (Å²) in [5.41, 5.74) is 1.18. The van der Waals surface area contributed by atoms with Crippen LogP contribution in [0.5, 0.6) is 0 Å². The maximum Gasteiger partial charge on any atom is 0.0499 e. The zero-order chi connectivity index (χ0) is 12.1. The monoisotopic (exact) mass is 254 g/mol. The van der Waals surface area contributed by atoms with Gasteiger partial charge in [-0.3, -0.25) is 0 Å². The number of hydrogen-bond donors (Lipinski definition) is 1. The first-order valence-electron chi connectivity index (χ1n) is 6.23. The molecule has 0 aromatic heterocycles. The normalized spacial score (nSPS) is 19.2. The van der Waals surface area contributed by atoms with E-state index < -0.39 is 0 Å². The van der Waals surface area contributed by atoms with E-state index in [4.69, 9.17) is 16.3 Å². The van der Waals surface area contributed by atoms with Crippen LogP contribution in [0.25, 0.3) is 0 Å². The molecule has 1 atom stereocenters. The van der Waals surface area contributed by atoms with Crippen molar-refractivity contribution in [3.05, 3.63) is 34.9 Å². The van der Waals surface area contributed by atoms with E-state index in [1.54, 1.807) is 0 Å². The number of hydrogen-bond acceptors (Lipinski definition) is 2. The van der Waals surface area contributed by atoms with Gasteiger partial charge in [-0.25, -0.2) is 0 Å². The van der Waals surface area contributed by atoms with Crippen LogP contribution in [-0.4, -0.2) is 24.9 Å². The number of halogens is 1. The fourth-order valence-corrected chi connectivity index (χ4v) is 2.56. The Hall–Kier alpha value is -0.570. The minimum Gasteiger partial charge on any atom is -0.396 e. The van der Waals surface area contributed by atoms with E-state index >= 15 is 0 Å². The van der Waals surface area contributed by atoms with Crippen molar-refractivity contribution in [3.63, 3.8) is 0 Å². The molecule has 0 spiro atoms. The second-order valence-electron chi connectivity index (χ2n) is 4.72. The molecule has 0 saturated carbocycles. The average molecular weight is 255 g/mol. The highest BCUT2D eigenvalue weighted by Gasteiger charge is 2.20. The molecule has 1 aromatic rings. The van der Waals surface area contributed by atoms with Crippen molar-refractivity contribution >= 4 is 11.6 Å².